The monoisotopic (exact) mass is 363 g/mol. The molecule has 2 aliphatic rings. The number of piperidine rings is 1. The van der Waals surface area contributed by atoms with Gasteiger partial charge >= 0.3 is 0 Å². The largest absolute Gasteiger partial charge is 0.298 e. The fourth-order valence-corrected chi connectivity index (χ4v) is 9.42. The molecular formula is C14H21NO4S3. The molecule has 0 radical (unpaired) electrons. The summed E-state index contributed by atoms with van der Waals surface area (Å²) in [6, 6.07) is 2.86. The van der Waals surface area contributed by atoms with E-state index >= 15 is 0 Å². The summed E-state index contributed by atoms with van der Waals surface area (Å²) >= 11 is 1.16. The van der Waals surface area contributed by atoms with Crippen molar-refractivity contribution in [1.82, 2.24) is 4.90 Å². The van der Waals surface area contributed by atoms with Gasteiger partial charge in [0.15, 0.2) is 19.7 Å². The van der Waals surface area contributed by atoms with E-state index in [0.717, 1.165) is 37.3 Å². The predicted molar refractivity (Wildman–Crippen MR) is 87.7 cm³/mol. The summed E-state index contributed by atoms with van der Waals surface area (Å²) < 4.78 is 50.1. The summed E-state index contributed by atoms with van der Waals surface area (Å²) in [7, 11) is -6.88. The minimum absolute atomic E-state index is 0.0311. The van der Waals surface area contributed by atoms with Crippen LogP contribution >= 0.6 is 11.3 Å². The molecule has 0 amide bonds. The highest BCUT2D eigenvalue weighted by Gasteiger charge is 2.48. The normalized spacial score (nSPS) is 30.6. The second kappa shape index (κ2) is 5.89. The first kappa shape index (κ1) is 16.4. The summed E-state index contributed by atoms with van der Waals surface area (Å²) in [5.74, 6) is 0.349. The lowest BCUT2D eigenvalue weighted by molar-refractivity contribution is 0.151. The number of rotatable bonds is 3. The molecule has 2 atom stereocenters. The van der Waals surface area contributed by atoms with Crippen LogP contribution in [0.1, 0.15) is 19.8 Å². The van der Waals surface area contributed by atoms with Gasteiger partial charge in [-0.25, -0.2) is 16.8 Å². The zero-order valence-corrected chi connectivity index (χ0v) is 15.0. The van der Waals surface area contributed by atoms with Crippen molar-refractivity contribution in [3.63, 3.8) is 0 Å². The Labute approximate surface area is 136 Å². The van der Waals surface area contributed by atoms with E-state index in [0.29, 0.717) is 5.92 Å². The quantitative estimate of drug-likeness (QED) is 0.812. The van der Waals surface area contributed by atoms with E-state index in [1.54, 1.807) is 17.5 Å². The zero-order chi connectivity index (χ0) is 16.0. The van der Waals surface area contributed by atoms with Crippen LogP contribution in [0.25, 0.3) is 0 Å². The van der Waals surface area contributed by atoms with Gasteiger partial charge < -0.3 is 0 Å². The first-order chi connectivity index (χ1) is 10.3. The summed E-state index contributed by atoms with van der Waals surface area (Å²) in [6.45, 7) is 3.76. The average molecular weight is 364 g/mol. The van der Waals surface area contributed by atoms with E-state index in [1.807, 2.05) is 0 Å². The number of hydrogen-bond acceptors (Lipinski definition) is 6. The molecule has 5 nitrogen and oxygen atoms in total. The third kappa shape index (κ3) is 3.11. The fourth-order valence-electron chi connectivity index (χ4n) is 3.37. The van der Waals surface area contributed by atoms with Crippen molar-refractivity contribution in [2.24, 2.45) is 5.92 Å². The number of sulfone groups is 2. The maximum Gasteiger partial charge on any atom is 0.193 e. The van der Waals surface area contributed by atoms with E-state index in [-0.39, 0.29) is 15.7 Å². The van der Waals surface area contributed by atoms with Gasteiger partial charge in [0.2, 0.25) is 0 Å². The lowest BCUT2D eigenvalue weighted by atomic mass is 9.98. The molecule has 0 bridgehead atoms. The van der Waals surface area contributed by atoms with E-state index < -0.39 is 31.0 Å². The second-order valence-electron chi connectivity index (χ2n) is 6.38. The Morgan fingerprint density at radius 3 is 2.50 bits per heavy atom. The number of nitrogens with zero attached hydrogens (tertiary/aromatic N) is 1. The molecule has 1 aromatic heterocycles. The standard InChI is InChI=1S/C14H21NO4S3/c1-11-4-6-15(7-5-11)12-9-21(16,17)10-13(12)22(18,19)14-3-2-8-20-14/h2-3,8,11-13H,4-7,9-10H2,1H3/t12-,13-/m1/s1. The minimum atomic E-state index is -3.58. The Hall–Kier alpha value is -0.440. The molecular weight excluding hydrogens is 342 g/mol. The smallest absolute Gasteiger partial charge is 0.193 e. The van der Waals surface area contributed by atoms with Gasteiger partial charge in [-0.2, -0.15) is 0 Å². The van der Waals surface area contributed by atoms with Crippen molar-refractivity contribution in [3.8, 4) is 0 Å². The zero-order valence-electron chi connectivity index (χ0n) is 12.5. The Balaban J connectivity index is 1.91. The van der Waals surface area contributed by atoms with Gasteiger partial charge in [-0.1, -0.05) is 13.0 Å². The van der Waals surface area contributed by atoms with Crippen LogP contribution in [-0.2, 0) is 19.7 Å². The van der Waals surface area contributed by atoms with Crippen LogP contribution in [0.3, 0.4) is 0 Å². The molecule has 124 valence electrons. The number of thiophene rings is 1. The summed E-state index contributed by atoms with van der Waals surface area (Å²) in [5.41, 5.74) is 0. The molecule has 8 heteroatoms. The van der Waals surface area contributed by atoms with Gasteiger partial charge in [0.1, 0.15) is 4.21 Å². The van der Waals surface area contributed by atoms with Crippen LogP contribution in [0.5, 0.6) is 0 Å². The lowest BCUT2D eigenvalue weighted by Crippen LogP contribution is -2.49. The van der Waals surface area contributed by atoms with E-state index in [4.69, 9.17) is 0 Å². The molecule has 22 heavy (non-hydrogen) atoms. The van der Waals surface area contributed by atoms with Gasteiger partial charge in [-0.15, -0.1) is 11.3 Å². The molecule has 2 aliphatic heterocycles. The maximum atomic E-state index is 12.8. The van der Waals surface area contributed by atoms with Crippen LogP contribution in [0, 0.1) is 5.92 Å². The Morgan fingerprint density at radius 2 is 1.91 bits per heavy atom. The maximum absolute atomic E-state index is 12.8. The molecule has 2 fully saturated rings. The van der Waals surface area contributed by atoms with Crippen molar-refractivity contribution in [2.75, 3.05) is 24.6 Å². The molecule has 0 aliphatic carbocycles. The second-order valence-corrected chi connectivity index (χ2v) is 11.9. The van der Waals surface area contributed by atoms with Crippen molar-refractivity contribution < 1.29 is 16.8 Å². The van der Waals surface area contributed by atoms with Gasteiger partial charge in [-0.05, 0) is 43.3 Å². The molecule has 0 aromatic carbocycles. The highest BCUT2D eigenvalue weighted by Crippen LogP contribution is 2.32. The third-order valence-corrected chi connectivity index (χ3v) is 10.3. The Morgan fingerprint density at radius 1 is 1.23 bits per heavy atom. The van der Waals surface area contributed by atoms with Crippen LogP contribution < -0.4 is 0 Å². The van der Waals surface area contributed by atoms with Gasteiger partial charge in [0.05, 0.1) is 16.8 Å². The topological polar surface area (TPSA) is 71.5 Å². The van der Waals surface area contributed by atoms with Crippen molar-refractivity contribution in [2.45, 2.75) is 35.3 Å². The molecule has 3 heterocycles. The molecule has 1 aromatic rings. The van der Waals surface area contributed by atoms with E-state index in [9.17, 15) is 16.8 Å². The first-order valence-corrected chi connectivity index (χ1v) is 11.8. The highest BCUT2D eigenvalue weighted by atomic mass is 32.2. The molecule has 3 rings (SSSR count). The molecule has 0 unspecified atom stereocenters. The van der Waals surface area contributed by atoms with Crippen molar-refractivity contribution >= 4 is 31.0 Å². The SMILES string of the molecule is CC1CCN([C@@H]2CS(=O)(=O)C[C@H]2S(=O)(=O)c2cccs2)CC1. The average Bonchev–Trinajstić information content (AvgIpc) is 3.07. The van der Waals surface area contributed by atoms with Crippen LogP contribution in [0.15, 0.2) is 21.7 Å². The number of likely N-dealkylation sites (tertiary alicyclic amines) is 1. The first-order valence-electron chi connectivity index (χ1n) is 7.51. The highest BCUT2D eigenvalue weighted by molar-refractivity contribution is 7.97. The van der Waals surface area contributed by atoms with E-state index in [1.165, 1.54) is 0 Å². The number of hydrogen-bond donors (Lipinski definition) is 0. The predicted octanol–water partition coefficient (Wildman–Crippen LogP) is 1.42. The van der Waals surface area contributed by atoms with Crippen LogP contribution in [0.2, 0.25) is 0 Å². The summed E-state index contributed by atoms with van der Waals surface area (Å²) in [5, 5.41) is 0.887. The molecule has 0 spiro atoms. The van der Waals surface area contributed by atoms with E-state index in [2.05, 4.69) is 11.8 Å². The Kier molecular flexibility index (Phi) is 4.39. The summed E-state index contributed by atoms with van der Waals surface area (Å²) in [4.78, 5) is 2.08. The lowest BCUT2D eigenvalue weighted by Gasteiger charge is -2.36. The third-order valence-electron chi connectivity index (χ3n) is 4.73. The van der Waals surface area contributed by atoms with Crippen LogP contribution in [0.4, 0.5) is 0 Å². The molecule has 2 saturated heterocycles. The molecule has 0 saturated carbocycles. The fraction of sp³-hybridized carbons (Fsp3) is 0.714. The van der Waals surface area contributed by atoms with Crippen LogP contribution in [-0.4, -0.2) is 57.6 Å². The van der Waals surface area contributed by atoms with Gasteiger partial charge in [-0.3, -0.25) is 4.90 Å². The van der Waals surface area contributed by atoms with Gasteiger partial charge in [0, 0.05) is 6.04 Å². The van der Waals surface area contributed by atoms with Crippen molar-refractivity contribution in [1.29, 1.82) is 0 Å². The van der Waals surface area contributed by atoms with Gasteiger partial charge in [0.25, 0.3) is 0 Å². The molecule has 0 N–H and O–H groups in total. The summed E-state index contributed by atoms with van der Waals surface area (Å²) in [6.07, 6.45) is 2.00. The van der Waals surface area contributed by atoms with Crippen molar-refractivity contribution in [3.05, 3.63) is 17.5 Å². The Bertz CT molecular complexity index is 716. The minimum Gasteiger partial charge on any atom is -0.298 e.